The molecule has 33 heavy (non-hydrogen) atoms. The molecule has 1 amide bonds. The SMILES string of the molecule is C=CCn1c(=NC(=O)c2ccc(S(=O)(=O)N(C)c3ccccc3)cc2)sc2cc(F)ccc21. The Hall–Kier alpha value is -3.56. The zero-order chi connectivity index (χ0) is 23.6. The van der Waals surface area contributed by atoms with Crippen LogP contribution in [0, 0.1) is 5.82 Å². The van der Waals surface area contributed by atoms with Crippen molar-refractivity contribution < 1.29 is 17.6 Å². The van der Waals surface area contributed by atoms with Gasteiger partial charge in [0.1, 0.15) is 5.82 Å². The van der Waals surface area contributed by atoms with E-state index in [4.69, 9.17) is 0 Å². The van der Waals surface area contributed by atoms with Gasteiger partial charge in [0.2, 0.25) is 0 Å². The molecule has 0 N–H and O–H groups in total. The lowest BCUT2D eigenvalue weighted by Gasteiger charge is -2.19. The lowest BCUT2D eigenvalue weighted by Crippen LogP contribution is -2.26. The monoisotopic (exact) mass is 481 g/mol. The number of halogens is 1. The number of para-hydroxylation sites is 1. The standard InChI is InChI=1S/C24H20FN3O3S2/c1-3-15-28-21-14-11-18(25)16-22(21)32-24(28)26-23(29)17-9-12-20(13-10-17)33(30,31)27(2)19-7-5-4-6-8-19/h3-14,16H,1,15H2,2H3. The number of carbonyl (C=O) groups is 1. The molecular formula is C24H20FN3O3S2. The van der Waals surface area contributed by atoms with Crippen LogP contribution in [0.2, 0.25) is 0 Å². The number of nitrogens with zero attached hydrogens (tertiary/aromatic N) is 3. The molecule has 0 saturated heterocycles. The van der Waals surface area contributed by atoms with Crippen LogP contribution in [0.5, 0.6) is 0 Å². The summed E-state index contributed by atoms with van der Waals surface area (Å²) >= 11 is 1.20. The molecule has 4 rings (SSSR count). The quantitative estimate of drug-likeness (QED) is 0.378. The van der Waals surface area contributed by atoms with Gasteiger partial charge in [-0.2, -0.15) is 4.99 Å². The second kappa shape index (κ2) is 9.13. The first kappa shape index (κ1) is 22.6. The van der Waals surface area contributed by atoms with Crippen LogP contribution in [0.1, 0.15) is 10.4 Å². The Kier molecular flexibility index (Phi) is 6.26. The highest BCUT2D eigenvalue weighted by molar-refractivity contribution is 7.92. The molecule has 168 valence electrons. The normalized spacial score (nSPS) is 12.1. The van der Waals surface area contributed by atoms with E-state index < -0.39 is 15.9 Å². The molecule has 0 aliphatic carbocycles. The molecule has 9 heteroatoms. The van der Waals surface area contributed by atoms with Crippen molar-refractivity contribution in [2.24, 2.45) is 4.99 Å². The Morgan fingerprint density at radius 2 is 1.82 bits per heavy atom. The molecular weight excluding hydrogens is 461 g/mol. The number of hydrogen-bond donors (Lipinski definition) is 0. The molecule has 4 aromatic rings. The van der Waals surface area contributed by atoms with E-state index in [0.29, 0.717) is 21.7 Å². The summed E-state index contributed by atoms with van der Waals surface area (Å²) in [5, 5.41) is 0. The molecule has 1 heterocycles. The van der Waals surface area contributed by atoms with Crippen LogP contribution in [0.25, 0.3) is 10.2 Å². The van der Waals surface area contributed by atoms with Crippen LogP contribution in [-0.2, 0) is 16.6 Å². The lowest BCUT2D eigenvalue weighted by atomic mass is 10.2. The van der Waals surface area contributed by atoms with Crippen LogP contribution in [-0.4, -0.2) is 25.9 Å². The van der Waals surface area contributed by atoms with Crippen LogP contribution < -0.4 is 9.11 Å². The molecule has 0 saturated carbocycles. The van der Waals surface area contributed by atoms with Crippen LogP contribution >= 0.6 is 11.3 Å². The highest BCUT2D eigenvalue weighted by Gasteiger charge is 2.21. The number of rotatable bonds is 6. The van der Waals surface area contributed by atoms with Crippen molar-refractivity contribution in [1.82, 2.24) is 4.57 Å². The van der Waals surface area contributed by atoms with Crippen LogP contribution in [0.15, 0.2) is 95.3 Å². The topological polar surface area (TPSA) is 71.7 Å². The molecule has 6 nitrogen and oxygen atoms in total. The Morgan fingerprint density at radius 3 is 2.48 bits per heavy atom. The largest absolute Gasteiger partial charge is 0.312 e. The summed E-state index contributed by atoms with van der Waals surface area (Å²) in [6.45, 7) is 4.13. The molecule has 0 unspecified atom stereocenters. The fraction of sp³-hybridized carbons (Fsp3) is 0.0833. The van der Waals surface area contributed by atoms with Gasteiger partial charge in [-0.1, -0.05) is 35.6 Å². The number of allylic oxidation sites excluding steroid dienone is 1. The average Bonchev–Trinajstić information content (AvgIpc) is 3.15. The molecule has 0 spiro atoms. The highest BCUT2D eigenvalue weighted by Crippen LogP contribution is 2.22. The average molecular weight is 482 g/mol. The summed E-state index contributed by atoms with van der Waals surface area (Å²) in [5.74, 6) is -0.898. The Bertz CT molecular complexity index is 1510. The first-order valence-electron chi connectivity index (χ1n) is 9.94. The molecule has 0 fully saturated rings. The molecule has 0 bridgehead atoms. The first-order valence-corrected chi connectivity index (χ1v) is 12.2. The van der Waals surface area contributed by atoms with Crippen molar-refractivity contribution in [3.05, 3.63) is 102 Å². The van der Waals surface area contributed by atoms with Gasteiger partial charge in [-0.15, -0.1) is 6.58 Å². The third kappa shape index (κ3) is 4.50. The van der Waals surface area contributed by atoms with E-state index in [0.717, 1.165) is 5.52 Å². The van der Waals surface area contributed by atoms with Crippen molar-refractivity contribution >= 4 is 43.2 Å². The van der Waals surface area contributed by atoms with Crippen molar-refractivity contribution in [3.8, 4) is 0 Å². The second-order valence-corrected chi connectivity index (χ2v) is 10.1. The summed E-state index contributed by atoms with van der Waals surface area (Å²) in [6.07, 6.45) is 1.67. The number of carbonyl (C=O) groups excluding carboxylic acids is 1. The van der Waals surface area contributed by atoms with Gasteiger partial charge in [-0.3, -0.25) is 9.10 Å². The number of benzene rings is 3. The third-order valence-electron chi connectivity index (χ3n) is 5.03. The number of sulfonamides is 1. The molecule has 0 aliphatic rings. The molecule has 0 atom stereocenters. The van der Waals surface area contributed by atoms with Crippen molar-refractivity contribution in [2.45, 2.75) is 11.4 Å². The first-order chi connectivity index (χ1) is 15.8. The minimum absolute atomic E-state index is 0.0597. The van der Waals surface area contributed by atoms with Gasteiger partial charge >= 0.3 is 0 Å². The van der Waals surface area contributed by atoms with Gasteiger partial charge in [0, 0.05) is 19.2 Å². The fourth-order valence-electron chi connectivity index (χ4n) is 3.29. The Balaban J connectivity index is 1.66. The zero-order valence-electron chi connectivity index (χ0n) is 17.7. The minimum atomic E-state index is -3.79. The van der Waals surface area contributed by atoms with Crippen LogP contribution in [0.4, 0.5) is 10.1 Å². The number of hydrogen-bond acceptors (Lipinski definition) is 4. The molecule has 1 aromatic heterocycles. The van der Waals surface area contributed by atoms with Gasteiger partial charge in [-0.05, 0) is 54.6 Å². The number of fused-ring (bicyclic) bond motifs is 1. The van der Waals surface area contributed by atoms with Gasteiger partial charge in [0.25, 0.3) is 15.9 Å². The number of anilines is 1. The van der Waals surface area contributed by atoms with Gasteiger partial charge < -0.3 is 4.57 Å². The van der Waals surface area contributed by atoms with Crippen molar-refractivity contribution in [1.29, 1.82) is 0 Å². The Labute approximate surface area is 194 Å². The molecule has 0 radical (unpaired) electrons. The third-order valence-corrected chi connectivity index (χ3v) is 7.87. The maximum atomic E-state index is 13.6. The van der Waals surface area contributed by atoms with E-state index in [9.17, 15) is 17.6 Å². The zero-order valence-corrected chi connectivity index (χ0v) is 19.3. The van der Waals surface area contributed by atoms with Gasteiger partial charge in [0.15, 0.2) is 4.80 Å². The van der Waals surface area contributed by atoms with E-state index in [1.807, 2.05) is 0 Å². The summed E-state index contributed by atoms with van der Waals surface area (Å²) in [5.41, 5.74) is 1.52. The predicted octanol–water partition coefficient (Wildman–Crippen LogP) is 4.59. The fourth-order valence-corrected chi connectivity index (χ4v) is 5.55. The van der Waals surface area contributed by atoms with Crippen molar-refractivity contribution in [3.63, 3.8) is 0 Å². The lowest BCUT2D eigenvalue weighted by molar-refractivity contribution is 0.0998. The number of aromatic nitrogens is 1. The van der Waals surface area contributed by atoms with Gasteiger partial charge in [0.05, 0.1) is 20.8 Å². The molecule has 3 aromatic carbocycles. The second-order valence-electron chi connectivity index (χ2n) is 7.15. The Morgan fingerprint density at radius 1 is 1.12 bits per heavy atom. The highest BCUT2D eigenvalue weighted by atomic mass is 32.2. The summed E-state index contributed by atoms with van der Waals surface area (Å²) < 4.78 is 43.1. The predicted molar refractivity (Wildman–Crippen MR) is 128 cm³/mol. The maximum absolute atomic E-state index is 13.6. The minimum Gasteiger partial charge on any atom is -0.312 e. The van der Waals surface area contributed by atoms with E-state index in [1.54, 1.807) is 47.0 Å². The van der Waals surface area contributed by atoms with Crippen molar-refractivity contribution in [2.75, 3.05) is 11.4 Å². The van der Waals surface area contributed by atoms with E-state index in [1.165, 1.54) is 59.1 Å². The number of thiazole rings is 1. The van der Waals surface area contributed by atoms with E-state index >= 15 is 0 Å². The van der Waals surface area contributed by atoms with Gasteiger partial charge in [-0.25, -0.2) is 12.8 Å². The molecule has 0 aliphatic heterocycles. The van der Waals surface area contributed by atoms with E-state index in [2.05, 4.69) is 11.6 Å². The summed E-state index contributed by atoms with van der Waals surface area (Å²) in [4.78, 5) is 17.5. The summed E-state index contributed by atoms with van der Waals surface area (Å²) in [6, 6.07) is 18.7. The summed E-state index contributed by atoms with van der Waals surface area (Å²) in [7, 11) is -2.31. The maximum Gasteiger partial charge on any atom is 0.279 e. The van der Waals surface area contributed by atoms with E-state index in [-0.39, 0.29) is 16.3 Å². The number of amides is 1. The smallest absolute Gasteiger partial charge is 0.279 e. The van der Waals surface area contributed by atoms with Crippen LogP contribution in [0.3, 0.4) is 0 Å².